The van der Waals surface area contributed by atoms with E-state index in [9.17, 15) is 10.1 Å². The molecule has 0 heterocycles. The van der Waals surface area contributed by atoms with Gasteiger partial charge in [-0.3, -0.25) is 4.79 Å². The molecule has 0 fully saturated rings. The number of amides is 1. The summed E-state index contributed by atoms with van der Waals surface area (Å²) in [7, 11) is 0. The first-order valence-corrected chi connectivity index (χ1v) is 12.7. The number of benzene rings is 3. The van der Waals surface area contributed by atoms with Crippen LogP contribution in [0.2, 0.25) is 10.0 Å². The predicted molar refractivity (Wildman–Crippen MR) is 148 cm³/mol. The van der Waals surface area contributed by atoms with Gasteiger partial charge in [-0.25, -0.2) is 0 Å². The van der Waals surface area contributed by atoms with Crippen molar-refractivity contribution in [3.8, 4) is 17.6 Å². The summed E-state index contributed by atoms with van der Waals surface area (Å²) in [5.74, 6) is 0.608. The van der Waals surface area contributed by atoms with Crippen LogP contribution in [-0.2, 0) is 11.4 Å². The summed E-state index contributed by atoms with van der Waals surface area (Å²) < 4.78 is 12.6. The SMILES string of the molecule is CCOc1cc(/C=C(/C#N)C(=O)N[C@H](C)c2ccccc2)cc(I)c1OCc1ccc(Cl)cc1Cl. The molecular weight excluding hydrogens is 598 g/mol. The number of hydrogen-bond acceptors (Lipinski definition) is 4. The molecular formula is C27H23Cl2IN2O3. The van der Waals surface area contributed by atoms with E-state index >= 15 is 0 Å². The molecule has 0 radical (unpaired) electrons. The second-order valence-electron chi connectivity index (χ2n) is 7.56. The van der Waals surface area contributed by atoms with E-state index in [1.54, 1.807) is 18.2 Å². The van der Waals surface area contributed by atoms with E-state index in [0.717, 1.165) is 14.7 Å². The van der Waals surface area contributed by atoms with E-state index in [0.29, 0.717) is 33.7 Å². The maximum absolute atomic E-state index is 12.8. The van der Waals surface area contributed by atoms with Crippen molar-refractivity contribution in [3.05, 3.63) is 96.5 Å². The van der Waals surface area contributed by atoms with E-state index < -0.39 is 5.91 Å². The Morgan fingerprint density at radius 2 is 1.89 bits per heavy atom. The molecule has 0 aliphatic rings. The summed E-state index contributed by atoms with van der Waals surface area (Å²) in [5.41, 5.74) is 2.38. The first-order chi connectivity index (χ1) is 16.8. The molecule has 1 atom stereocenters. The second kappa shape index (κ2) is 12.8. The van der Waals surface area contributed by atoms with Crippen LogP contribution in [0.15, 0.2) is 66.2 Å². The molecule has 35 heavy (non-hydrogen) atoms. The predicted octanol–water partition coefficient (Wildman–Crippen LogP) is 7.36. The Kier molecular flexibility index (Phi) is 9.84. The van der Waals surface area contributed by atoms with Gasteiger partial charge in [0.25, 0.3) is 5.91 Å². The quantitative estimate of drug-likeness (QED) is 0.154. The number of hydrogen-bond donors (Lipinski definition) is 1. The maximum Gasteiger partial charge on any atom is 0.262 e. The minimum absolute atomic E-state index is 0.00681. The molecule has 0 saturated heterocycles. The first-order valence-electron chi connectivity index (χ1n) is 10.8. The Balaban J connectivity index is 1.83. The molecule has 180 valence electrons. The van der Waals surface area contributed by atoms with Crippen LogP contribution < -0.4 is 14.8 Å². The van der Waals surface area contributed by atoms with Crippen molar-refractivity contribution < 1.29 is 14.3 Å². The largest absolute Gasteiger partial charge is 0.490 e. The van der Waals surface area contributed by atoms with Gasteiger partial charge in [0.05, 0.1) is 16.2 Å². The van der Waals surface area contributed by atoms with Crippen LogP contribution in [0.1, 0.15) is 36.6 Å². The zero-order valence-electron chi connectivity index (χ0n) is 19.1. The minimum atomic E-state index is -0.450. The van der Waals surface area contributed by atoms with Gasteiger partial charge in [-0.15, -0.1) is 0 Å². The van der Waals surface area contributed by atoms with Gasteiger partial charge in [-0.05, 0) is 77.9 Å². The summed E-state index contributed by atoms with van der Waals surface area (Å²) in [5, 5.41) is 13.6. The highest BCUT2D eigenvalue weighted by molar-refractivity contribution is 14.1. The molecule has 1 N–H and O–H groups in total. The molecule has 0 unspecified atom stereocenters. The summed E-state index contributed by atoms with van der Waals surface area (Å²) in [6, 6.07) is 20.1. The van der Waals surface area contributed by atoms with Crippen LogP contribution in [-0.4, -0.2) is 12.5 Å². The number of carbonyl (C=O) groups is 1. The Morgan fingerprint density at radius 1 is 1.14 bits per heavy atom. The van der Waals surface area contributed by atoms with Crippen molar-refractivity contribution in [2.45, 2.75) is 26.5 Å². The van der Waals surface area contributed by atoms with Crippen molar-refractivity contribution in [3.63, 3.8) is 0 Å². The molecule has 0 aromatic heterocycles. The van der Waals surface area contributed by atoms with Gasteiger partial charge < -0.3 is 14.8 Å². The lowest BCUT2D eigenvalue weighted by Crippen LogP contribution is -2.27. The van der Waals surface area contributed by atoms with Gasteiger partial charge in [-0.2, -0.15) is 5.26 Å². The Morgan fingerprint density at radius 3 is 2.54 bits per heavy atom. The Bertz CT molecular complexity index is 1270. The zero-order valence-corrected chi connectivity index (χ0v) is 22.8. The summed E-state index contributed by atoms with van der Waals surface area (Å²) >= 11 is 14.4. The highest BCUT2D eigenvalue weighted by Crippen LogP contribution is 2.36. The van der Waals surface area contributed by atoms with Gasteiger partial charge in [0.1, 0.15) is 18.2 Å². The van der Waals surface area contributed by atoms with Crippen molar-refractivity contribution in [1.82, 2.24) is 5.32 Å². The van der Waals surface area contributed by atoms with E-state index in [4.69, 9.17) is 32.7 Å². The van der Waals surface area contributed by atoms with Gasteiger partial charge in [0.15, 0.2) is 11.5 Å². The number of nitriles is 1. The summed E-state index contributed by atoms with van der Waals surface area (Å²) in [4.78, 5) is 12.8. The van der Waals surface area contributed by atoms with Crippen molar-refractivity contribution in [2.24, 2.45) is 0 Å². The smallest absolute Gasteiger partial charge is 0.262 e. The topological polar surface area (TPSA) is 71.3 Å². The van der Waals surface area contributed by atoms with Crippen molar-refractivity contribution in [1.29, 1.82) is 5.26 Å². The van der Waals surface area contributed by atoms with Crippen LogP contribution in [0, 0.1) is 14.9 Å². The Hall–Kier alpha value is -2.73. The normalized spacial score (nSPS) is 11.9. The number of nitrogens with zero attached hydrogens (tertiary/aromatic N) is 1. The van der Waals surface area contributed by atoms with Gasteiger partial charge >= 0.3 is 0 Å². The number of rotatable bonds is 9. The molecule has 0 spiro atoms. The number of nitrogens with one attached hydrogen (secondary N) is 1. The van der Waals surface area contributed by atoms with Crippen LogP contribution in [0.3, 0.4) is 0 Å². The molecule has 3 aromatic carbocycles. The number of ether oxygens (including phenoxy) is 2. The van der Waals surface area contributed by atoms with Crippen LogP contribution >= 0.6 is 45.8 Å². The first kappa shape index (κ1) is 26.9. The highest BCUT2D eigenvalue weighted by atomic mass is 127. The fourth-order valence-corrected chi connectivity index (χ4v) is 4.52. The zero-order chi connectivity index (χ0) is 25.4. The summed E-state index contributed by atoms with van der Waals surface area (Å²) in [6.45, 7) is 4.39. The third kappa shape index (κ3) is 7.38. The van der Waals surface area contributed by atoms with Gasteiger partial charge in [0.2, 0.25) is 0 Å². The highest BCUT2D eigenvalue weighted by Gasteiger charge is 2.17. The van der Waals surface area contributed by atoms with E-state index in [1.165, 1.54) is 6.08 Å². The third-order valence-electron chi connectivity index (χ3n) is 5.04. The van der Waals surface area contributed by atoms with E-state index in [2.05, 4.69) is 27.9 Å². The molecule has 3 rings (SSSR count). The molecule has 5 nitrogen and oxygen atoms in total. The number of carbonyl (C=O) groups excluding carboxylic acids is 1. The fourth-order valence-electron chi connectivity index (χ4n) is 3.28. The molecule has 0 aliphatic heterocycles. The van der Waals surface area contributed by atoms with Crippen LogP contribution in [0.5, 0.6) is 11.5 Å². The molecule has 3 aromatic rings. The number of halogens is 3. The van der Waals surface area contributed by atoms with E-state index in [1.807, 2.05) is 62.4 Å². The monoisotopic (exact) mass is 620 g/mol. The molecule has 0 saturated carbocycles. The third-order valence-corrected chi connectivity index (χ3v) is 6.43. The average Bonchev–Trinajstić information content (AvgIpc) is 2.83. The average molecular weight is 621 g/mol. The lowest BCUT2D eigenvalue weighted by atomic mass is 10.1. The van der Waals surface area contributed by atoms with Crippen molar-refractivity contribution in [2.75, 3.05) is 6.61 Å². The van der Waals surface area contributed by atoms with E-state index in [-0.39, 0.29) is 18.2 Å². The summed E-state index contributed by atoms with van der Waals surface area (Å²) in [6.07, 6.45) is 1.54. The van der Waals surface area contributed by atoms with Gasteiger partial charge in [-0.1, -0.05) is 59.6 Å². The second-order valence-corrected chi connectivity index (χ2v) is 9.57. The van der Waals surface area contributed by atoms with Crippen LogP contribution in [0.4, 0.5) is 0 Å². The Labute approximate surface area is 228 Å². The minimum Gasteiger partial charge on any atom is -0.490 e. The standard InChI is InChI=1S/C27H23Cl2IN2O3/c1-3-34-25-13-18(11-21(15-31)27(33)32-17(2)19-7-5-4-6-8-19)12-24(30)26(25)35-16-20-9-10-22(28)14-23(20)29/h4-14,17H,3,16H2,1-2H3,(H,32,33)/b21-11-/t17-/m1/s1. The molecule has 1 amide bonds. The lowest BCUT2D eigenvalue weighted by molar-refractivity contribution is -0.117. The molecule has 8 heteroatoms. The molecule has 0 bridgehead atoms. The molecule has 0 aliphatic carbocycles. The fraction of sp³-hybridized carbons (Fsp3) is 0.185. The maximum atomic E-state index is 12.8. The lowest BCUT2D eigenvalue weighted by Gasteiger charge is -2.16. The van der Waals surface area contributed by atoms with Crippen LogP contribution in [0.25, 0.3) is 6.08 Å². The van der Waals surface area contributed by atoms with Gasteiger partial charge in [0, 0.05) is 15.6 Å². The van der Waals surface area contributed by atoms with Crippen molar-refractivity contribution >= 4 is 57.8 Å².